The average Bonchev–Trinajstić information content (AvgIpc) is 3.40. The van der Waals surface area contributed by atoms with Crippen molar-refractivity contribution in [3.63, 3.8) is 0 Å². The Kier molecular flexibility index (Phi) is 4.50. The van der Waals surface area contributed by atoms with E-state index in [4.69, 9.17) is 11.6 Å². The molecule has 0 N–H and O–H groups in total. The van der Waals surface area contributed by atoms with Gasteiger partial charge in [-0.05, 0) is 36.8 Å². The van der Waals surface area contributed by atoms with Crippen molar-refractivity contribution >= 4 is 28.8 Å². The van der Waals surface area contributed by atoms with Crippen LogP contribution < -0.4 is 0 Å². The highest BCUT2D eigenvalue weighted by molar-refractivity contribution is 7.09. The molecule has 0 spiro atoms. The number of rotatable bonds is 4. The molecule has 28 heavy (non-hydrogen) atoms. The lowest BCUT2D eigenvalue weighted by Crippen LogP contribution is -2.49. The maximum absolute atomic E-state index is 13.2. The number of aromatic nitrogens is 2. The van der Waals surface area contributed by atoms with Gasteiger partial charge < -0.3 is 9.47 Å². The molecule has 2 aliphatic rings. The minimum Gasteiger partial charge on any atom is -0.337 e. The normalized spacial score (nSPS) is 21.8. The molecular weight excluding hydrogens is 392 g/mol. The minimum atomic E-state index is 0.102. The lowest BCUT2D eigenvalue weighted by Gasteiger charge is -2.38. The van der Waals surface area contributed by atoms with E-state index in [9.17, 15) is 4.79 Å². The minimum absolute atomic E-state index is 0.102. The molecule has 7 heteroatoms. The summed E-state index contributed by atoms with van der Waals surface area (Å²) in [5.41, 5.74) is 3.00. The van der Waals surface area contributed by atoms with Crippen molar-refractivity contribution in [2.45, 2.75) is 32.1 Å². The van der Waals surface area contributed by atoms with Crippen LogP contribution in [0.1, 0.15) is 32.8 Å². The number of likely N-dealkylation sites (tertiary alicyclic amines) is 1. The molecule has 144 valence electrons. The average molecular weight is 413 g/mol. The molecule has 4 heterocycles. The highest BCUT2D eigenvalue weighted by Crippen LogP contribution is 2.35. The Morgan fingerprint density at radius 1 is 1.14 bits per heavy atom. The van der Waals surface area contributed by atoms with E-state index in [0.717, 1.165) is 41.1 Å². The molecule has 5 nitrogen and oxygen atoms in total. The van der Waals surface area contributed by atoms with Crippen LogP contribution in [-0.2, 0) is 13.1 Å². The van der Waals surface area contributed by atoms with Gasteiger partial charge in [0, 0.05) is 36.2 Å². The van der Waals surface area contributed by atoms with E-state index in [1.165, 1.54) is 5.56 Å². The van der Waals surface area contributed by atoms with E-state index in [-0.39, 0.29) is 18.0 Å². The molecule has 1 aromatic carbocycles. The summed E-state index contributed by atoms with van der Waals surface area (Å²) in [5, 5.41) is 3.85. The third-order valence-corrected chi connectivity index (χ3v) is 6.74. The van der Waals surface area contributed by atoms with Crippen LogP contribution in [0.25, 0.3) is 0 Å². The van der Waals surface area contributed by atoms with Gasteiger partial charge in [-0.2, -0.15) is 0 Å². The summed E-state index contributed by atoms with van der Waals surface area (Å²) in [4.78, 5) is 22.2. The standard InChI is InChI=1S/C21H21ClN4OS/c1-14-23-17(13-28-14)10-26-20-12-24(9-15-4-6-16(22)7-5-15)11-19(20)25-8-2-3-18(25)21(26)27/h2-8,13,19-20H,9-12H2,1H3/t19-,20-/m0/s1. The van der Waals surface area contributed by atoms with E-state index in [0.29, 0.717) is 6.54 Å². The number of benzene rings is 1. The van der Waals surface area contributed by atoms with E-state index < -0.39 is 0 Å². The number of nitrogens with zero attached hydrogens (tertiary/aromatic N) is 4. The molecule has 2 aromatic heterocycles. The van der Waals surface area contributed by atoms with Gasteiger partial charge in [0.2, 0.25) is 0 Å². The monoisotopic (exact) mass is 412 g/mol. The Labute approximate surface area is 173 Å². The van der Waals surface area contributed by atoms with Gasteiger partial charge in [0.1, 0.15) is 5.69 Å². The smallest absolute Gasteiger partial charge is 0.271 e. The van der Waals surface area contributed by atoms with Crippen LogP contribution in [0.3, 0.4) is 0 Å². The number of hydrogen-bond donors (Lipinski definition) is 0. The van der Waals surface area contributed by atoms with Crippen molar-refractivity contribution in [3.8, 4) is 0 Å². The molecule has 0 saturated carbocycles. The number of thiazole rings is 1. The summed E-state index contributed by atoms with van der Waals surface area (Å²) >= 11 is 7.65. The van der Waals surface area contributed by atoms with Crippen molar-refractivity contribution < 1.29 is 4.79 Å². The van der Waals surface area contributed by atoms with Crippen molar-refractivity contribution in [3.05, 3.63) is 75.0 Å². The second-order valence-electron chi connectivity index (χ2n) is 7.55. The number of halogens is 1. The first kappa shape index (κ1) is 17.9. The molecular formula is C21H21ClN4OS. The molecule has 1 saturated heterocycles. The zero-order valence-corrected chi connectivity index (χ0v) is 17.2. The first-order valence-electron chi connectivity index (χ1n) is 9.44. The first-order valence-corrected chi connectivity index (χ1v) is 10.7. The molecule has 0 unspecified atom stereocenters. The van der Waals surface area contributed by atoms with Gasteiger partial charge in [-0.15, -0.1) is 11.3 Å². The van der Waals surface area contributed by atoms with E-state index in [1.807, 2.05) is 42.3 Å². The second kappa shape index (κ2) is 7.03. The lowest BCUT2D eigenvalue weighted by atomic mass is 10.1. The quantitative estimate of drug-likeness (QED) is 0.650. The molecule has 3 aromatic rings. The van der Waals surface area contributed by atoms with Gasteiger partial charge >= 0.3 is 0 Å². The fraction of sp³-hybridized carbons (Fsp3) is 0.333. The molecule has 0 aliphatic carbocycles. The lowest BCUT2D eigenvalue weighted by molar-refractivity contribution is 0.0553. The summed E-state index contributed by atoms with van der Waals surface area (Å²) < 4.78 is 2.16. The predicted molar refractivity (Wildman–Crippen MR) is 111 cm³/mol. The first-order chi connectivity index (χ1) is 13.6. The number of carbonyl (C=O) groups excluding carboxylic acids is 1. The summed E-state index contributed by atoms with van der Waals surface area (Å²) in [6.45, 7) is 5.22. The van der Waals surface area contributed by atoms with E-state index in [1.54, 1.807) is 11.3 Å². The fourth-order valence-corrected chi connectivity index (χ4v) is 5.14. The molecule has 0 bridgehead atoms. The van der Waals surface area contributed by atoms with E-state index >= 15 is 0 Å². The largest absolute Gasteiger partial charge is 0.337 e. The van der Waals surface area contributed by atoms with Gasteiger partial charge in [-0.3, -0.25) is 9.69 Å². The van der Waals surface area contributed by atoms with Crippen LogP contribution in [-0.4, -0.2) is 44.4 Å². The Morgan fingerprint density at radius 2 is 1.93 bits per heavy atom. The maximum Gasteiger partial charge on any atom is 0.271 e. The second-order valence-corrected chi connectivity index (χ2v) is 9.05. The summed E-state index contributed by atoms with van der Waals surface area (Å²) in [7, 11) is 0. The van der Waals surface area contributed by atoms with E-state index in [2.05, 4.69) is 32.0 Å². The number of amides is 1. The maximum atomic E-state index is 13.2. The zero-order valence-electron chi connectivity index (χ0n) is 15.6. The van der Waals surface area contributed by atoms with Crippen molar-refractivity contribution in [2.75, 3.05) is 13.1 Å². The third-order valence-electron chi connectivity index (χ3n) is 5.67. The van der Waals surface area contributed by atoms with Crippen LogP contribution in [0, 0.1) is 6.92 Å². The summed E-state index contributed by atoms with van der Waals surface area (Å²) in [6.07, 6.45) is 2.04. The van der Waals surface area contributed by atoms with Crippen LogP contribution in [0.2, 0.25) is 5.02 Å². The van der Waals surface area contributed by atoms with Gasteiger partial charge in [0.05, 0.1) is 29.3 Å². The SMILES string of the molecule is Cc1nc(CN2C(=O)c3cccn3[C@H]3CN(Cc4ccc(Cl)cc4)C[C@@H]32)cs1. The summed E-state index contributed by atoms with van der Waals surface area (Å²) in [5.74, 6) is 0.102. The third kappa shape index (κ3) is 3.15. The number of hydrogen-bond acceptors (Lipinski definition) is 4. The number of carbonyl (C=O) groups is 1. The molecule has 5 rings (SSSR count). The highest BCUT2D eigenvalue weighted by atomic mass is 35.5. The number of fused-ring (bicyclic) bond motifs is 3. The van der Waals surface area contributed by atoms with Crippen LogP contribution in [0.15, 0.2) is 48.0 Å². The van der Waals surface area contributed by atoms with Crippen LogP contribution in [0.4, 0.5) is 0 Å². The van der Waals surface area contributed by atoms with Crippen LogP contribution >= 0.6 is 22.9 Å². The highest BCUT2D eigenvalue weighted by Gasteiger charge is 2.44. The molecule has 2 aliphatic heterocycles. The van der Waals surface area contributed by atoms with Gasteiger partial charge in [-0.25, -0.2) is 4.98 Å². The Balaban J connectivity index is 1.42. The molecule has 0 radical (unpaired) electrons. The van der Waals surface area contributed by atoms with Crippen molar-refractivity contribution in [2.24, 2.45) is 0 Å². The summed E-state index contributed by atoms with van der Waals surface area (Å²) in [6, 6.07) is 12.4. The van der Waals surface area contributed by atoms with Crippen LogP contribution in [0.5, 0.6) is 0 Å². The Hall–Kier alpha value is -2.15. The number of aryl methyl sites for hydroxylation is 1. The van der Waals surface area contributed by atoms with Gasteiger partial charge in [0.25, 0.3) is 5.91 Å². The predicted octanol–water partition coefficient (Wildman–Crippen LogP) is 3.99. The molecule has 1 fully saturated rings. The van der Waals surface area contributed by atoms with Crippen molar-refractivity contribution in [1.82, 2.24) is 19.4 Å². The Morgan fingerprint density at radius 3 is 2.68 bits per heavy atom. The van der Waals surface area contributed by atoms with Gasteiger partial charge in [0.15, 0.2) is 0 Å². The molecule has 1 amide bonds. The van der Waals surface area contributed by atoms with Gasteiger partial charge in [-0.1, -0.05) is 23.7 Å². The Bertz CT molecular complexity index is 1010. The molecule has 2 atom stereocenters. The topological polar surface area (TPSA) is 41.4 Å². The zero-order chi connectivity index (χ0) is 19.3. The van der Waals surface area contributed by atoms with Crippen molar-refractivity contribution in [1.29, 1.82) is 0 Å². The fourth-order valence-electron chi connectivity index (χ4n) is 4.41.